The molecule has 21 heavy (non-hydrogen) atoms. The monoisotopic (exact) mass is 288 g/mol. The van der Waals surface area contributed by atoms with Crippen LogP contribution >= 0.6 is 0 Å². The molecule has 5 heteroatoms. The predicted molar refractivity (Wildman–Crippen MR) is 85.0 cm³/mol. The quantitative estimate of drug-likeness (QED) is 0.725. The summed E-state index contributed by atoms with van der Waals surface area (Å²) >= 11 is 0. The highest BCUT2D eigenvalue weighted by Crippen LogP contribution is 2.37. The SMILES string of the molecule is CN1CCN2c3ncc(C(C)(C)C)cc3N(C)C(=O)[C@H]2C1. The number of fused-ring (bicyclic) bond motifs is 3. The summed E-state index contributed by atoms with van der Waals surface area (Å²) in [6.07, 6.45) is 1.96. The molecule has 2 aliphatic heterocycles. The normalized spacial score (nSPS) is 23.1. The van der Waals surface area contributed by atoms with Crippen molar-refractivity contribution in [1.29, 1.82) is 0 Å². The number of carbonyl (C=O) groups is 1. The number of hydrogen-bond donors (Lipinski definition) is 0. The molecule has 3 rings (SSSR count). The van der Waals surface area contributed by atoms with E-state index in [0.717, 1.165) is 36.7 Å². The molecule has 1 saturated heterocycles. The second kappa shape index (κ2) is 4.70. The first-order chi connectivity index (χ1) is 9.79. The molecular formula is C16H24N4O. The summed E-state index contributed by atoms with van der Waals surface area (Å²) in [6, 6.07) is 2.02. The Morgan fingerprint density at radius 1 is 1.24 bits per heavy atom. The fourth-order valence-corrected chi connectivity index (χ4v) is 3.05. The summed E-state index contributed by atoms with van der Waals surface area (Å²) in [5, 5.41) is 0. The van der Waals surface area contributed by atoms with Crippen molar-refractivity contribution in [3.05, 3.63) is 17.8 Å². The summed E-state index contributed by atoms with van der Waals surface area (Å²) in [5.41, 5.74) is 2.13. The molecule has 0 aromatic carbocycles. The molecule has 1 amide bonds. The number of aromatic nitrogens is 1. The number of carbonyl (C=O) groups excluding carboxylic acids is 1. The maximum atomic E-state index is 12.7. The van der Waals surface area contributed by atoms with Crippen LogP contribution in [0, 0.1) is 0 Å². The fourth-order valence-electron chi connectivity index (χ4n) is 3.05. The molecule has 2 aliphatic rings. The minimum atomic E-state index is -0.103. The molecule has 0 saturated carbocycles. The number of hydrogen-bond acceptors (Lipinski definition) is 4. The van der Waals surface area contributed by atoms with Crippen LogP contribution in [0.2, 0.25) is 0 Å². The van der Waals surface area contributed by atoms with Gasteiger partial charge in [0, 0.05) is 32.9 Å². The van der Waals surface area contributed by atoms with E-state index in [1.807, 2.05) is 13.2 Å². The average Bonchev–Trinajstić information content (AvgIpc) is 2.43. The lowest BCUT2D eigenvalue weighted by atomic mass is 9.87. The number of nitrogens with zero attached hydrogens (tertiary/aromatic N) is 4. The van der Waals surface area contributed by atoms with Gasteiger partial charge in [0.15, 0.2) is 5.82 Å². The summed E-state index contributed by atoms with van der Waals surface area (Å²) < 4.78 is 0. The summed E-state index contributed by atoms with van der Waals surface area (Å²) in [4.78, 5) is 23.5. The van der Waals surface area contributed by atoms with Gasteiger partial charge in [0.25, 0.3) is 5.91 Å². The Labute approximate surface area is 126 Å². The van der Waals surface area contributed by atoms with Gasteiger partial charge in [-0.05, 0) is 24.1 Å². The van der Waals surface area contributed by atoms with E-state index in [-0.39, 0.29) is 17.4 Å². The lowest BCUT2D eigenvalue weighted by Crippen LogP contribution is -2.61. The molecule has 1 fully saturated rings. The van der Waals surface area contributed by atoms with Crippen LogP contribution in [-0.2, 0) is 10.2 Å². The zero-order chi connectivity index (χ0) is 15.4. The van der Waals surface area contributed by atoms with Gasteiger partial charge in [-0.15, -0.1) is 0 Å². The number of piperazine rings is 1. The Hall–Kier alpha value is -1.62. The van der Waals surface area contributed by atoms with Crippen molar-refractivity contribution in [3.63, 3.8) is 0 Å². The molecule has 1 atom stereocenters. The molecule has 3 heterocycles. The standard InChI is InChI=1S/C16H24N4O/c1-16(2,3)11-8-12-14(17-9-11)20-7-6-18(4)10-13(20)15(21)19(12)5/h8-9,13H,6-7,10H2,1-5H3/t13-/m1/s1. The molecule has 1 aromatic rings. The van der Waals surface area contributed by atoms with Crippen molar-refractivity contribution in [3.8, 4) is 0 Å². The Balaban J connectivity index is 2.07. The predicted octanol–water partition coefficient (Wildman–Crippen LogP) is 1.48. The average molecular weight is 288 g/mol. The van der Waals surface area contributed by atoms with Crippen LogP contribution < -0.4 is 9.80 Å². The molecule has 0 N–H and O–H groups in total. The molecule has 0 bridgehead atoms. The maximum absolute atomic E-state index is 12.7. The zero-order valence-corrected chi connectivity index (χ0v) is 13.6. The van der Waals surface area contributed by atoms with Crippen LogP contribution in [0.3, 0.4) is 0 Å². The molecule has 0 spiro atoms. The van der Waals surface area contributed by atoms with Gasteiger partial charge in [-0.25, -0.2) is 4.98 Å². The second-order valence-electron chi connectivity index (χ2n) is 7.19. The van der Waals surface area contributed by atoms with Gasteiger partial charge in [0.2, 0.25) is 0 Å². The Bertz CT molecular complexity index is 578. The number of rotatable bonds is 0. The minimum absolute atomic E-state index is 0.0326. The smallest absolute Gasteiger partial charge is 0.250 e. The summed E-state index contributed by atoms with van der Waals surface area (Å²) in [6.45, 7) is 9.09. The van der Waals surface area contributed by atoms with E-state index >= 15 is 0 Å². The van der Waals surface area contributed by atoms with E-state index in [0.29, 0.717) is 0 Å². The zero-order valence-electron chi connectivity index (χ0n) is 13.6. The van der Waals surface area contributed by atoms with Crippen molar-refractivity contribution in [2.24, 2.45) is 0 Å². The first kappa shape index (κ1) is 14.3. The highest BCUT2D eigenvalue weighted by Gasteiger charge is 2.40. The number of anilines is 2. The third-order valence-corrected chi connectivity index (χ3v) is 4.55. The molecule has 114 valence electrons. The Morgan fingerprint density at radius 3 is 2.62 bits per heavy atom. The van der Waals surface area contributed by atoms with Crippen molar-refractivity contribution < 1.29 is 4.79 Å². The lowest BCUT2D eigenvalue weighted by molar-refractivity contribution is -0.120. The van der Waals surface area contributed by atoms with Crippen LogP contribution in [0.15, 0.2) is 12.3 Å². The molecule has 0 radical (unpaired) electrons. The van der Waals surface area contributed by atoms with Gasteiger partial charge in [-0.1, -0.05) is 20.8 Å². The van der Waals surface area contributed by atoms with Crippen molar-refractivity contribution in [2.75, 3.05) is 43.5 Å². The Kier molecular flexibility index (Phi) is 3.20. The van der Waals surface area contributed by atoms with E-state index in [4.69, 9.17) is 4.98 Å². The largest absolute Gasteiger partial charge is 0.340 e. The van der Waals surface area contributed by atoms with E-state index in [1.54, 1.807) is 4.90 Å². The van der Waals surface area contributed by atoms with Crippen LogP contribution in [0.5, 0.6) is 0 Å². The molecule has 0 unspecified atom stereocenters. The number of likely N-dealkylation sites (N-methyl/N-ethyl adjacent to an activating group) is 2. The van der Waals surface area contributed by atoms with Gasteiger partial charge in [-0.3, -0.25) is 4.79 Å². The summed E-state index contributed by atoms with van der Waals surface area (Å²) in [5.74, 6) is 1.12. The lowest BCUT2D eigenvalue weighted by Gasteiger charge is -2.46. The van der Waals surface area contributed by atoms with Gasteiger partial charge in [0.05, 0.1) is 5.69 Å². The molecule has 5 nitrogen and oxygen atoms in total. The van der Waals surface area contributed by atoms with Crippen LogP contribution in [-0.4, -0.2) is 55.6 Å². The van der Waals surface area contributed by atoms with E-state index in [9.17, 15) is 4.79 Å². The van der Waals surface area contributed by atoms with Crippen LogP contribution in [0.4, 0.5) is 11.5 Å². The maximum Gasteiger partial charge on any atom is 0.250 e. The van der Waals surface area contributed by atoms with Crippen molar-refractivity contribution in [2.45, 2.75) is 32.2 Å². The van der Waals surface area contributed by atoms with Crippen LogP contribution in [0.25, 0.3) is 0 Å². The Morgan fingerprint density at radius 2 is 1.95 bits per heavy atom. The molecule has 0 aliphatic carbocycles. The van der Waals surface area contributed by atoms with Gasteiger partial charge in [0.1, 0.15) is 6.04 Å². The summed E-state index contributed by atoms with van der Waals surface area (Å²) in [7, 11) is 3.93. The first-order valence-electron chi connectivity index (χ1n) is 7.52. The first-order valence-corrected chi connectivity index (χ1v) is 7.52. The van der Waals surface area contributed by atoms with E-state index < -0.39 is 0 Å². The number of amides is 1. The third-order valence-electron chi connectivity index (χ3n) is 4.55. The molecular weight excluding hydrogens is 264 g/mol. The van der Waals surface area contributed by atoms with Crippen molar-refractivity contribution >= 4 is 17.4 Å². The fraction of sp³-hybridized carbons (Fsp3) is 0.625. The number of pyridine rings is 1. The van der Waals surface area contributed by atoms with E-state index in [1.165, 1.54) is 0 Å². The van der Waals surface area contributed by atoms with Gasteiger partial charge in [-0.2, -0.15) is 0 Å². The van der Waals surface area contributed by atoms with E-state index in [2.05, 4.69) is 43.7 Å². The van der Waals surface area contributed by atoms with Gasteiger partial charge >= 0.3 is 0 Å². The highest BCUT2D eigenvalue weighted by molar-refractivity contribution is 6.04. The minimum Gasteiger partial charge on any atom is -0.340 e. The highest BCUT2D eigenvalue weighted by atomic mass is 16.2. The third kappa shape index (κ3) is 2.29. The van der Waals surface area contributed by atoms with Gasteiger partial charge < -0.3 is 14.7 Å². The second-order valence-corrected chi connectivity index (χ2v) is 7.19. The van der Waals surface area contributed by atoms with Crippen LogP contribution in [0.1, 0.15) is 26.3 Å². The molecule has 1 aromatic heterocycles. The van der Waals surface area contributed by atoms with Crippen molar-refractivity contribution in [1.82, 2.24) is 9.88 Å². The topological polar surface area (TPSA) is 39.7 Å².